The molecule has 0 spiro atoms. The molecule has 1 amide bonds. The van der Waals surface area contributed by atoms with Crippen molar-refractivity contribution < 1.29 is 23.8 Å². The molecule has 2 rings (SSSR count). The van der Waals surface area contributed by atoms with Crippen molar-refractivity contribution >= 4 is 18.1 Å². The number of amides is 1. The Morgan fingerprint density at radius 1 is 1.12 bits per heavy atom. The van der Waals surface area contributed by atoms with Crippen molar-refractivity contribution in [3.05, 3.63) is 54.1 Å². The fraction of sp³-hybridized carbons (Fsp3) is 0.167. The molecule has 25 heavy (non-hydrogen) atoms. The number of carbonyl (C=O) groups is 2. The maximum atomic E-state index is 11.7. The van der Waals surface area contributed by atoms with Gasteiger partial charge in [0, 0.05) is 6.92 Å². The number of hydrazone groups is 1. The first kappa shape index (κ1) is 18.0. The summed E-state index contributed by atoms with van der Waals surface area (Å²) >= 11 is 0. The largest absolute Gasteiger partial charge is 0.493 e. The molecule has 7 heteroatoms. The van der Waals surface area contributed by atoms with E-state index in [9.17, 15) is 9.59 Å². The molecule has 2 aromatic rings. The summed E-state index contributed by atoms with van der Waals surface area (Å²) in [6, 6.07) is 13.9. The van der Waals surface area contributed by atoms with E-state index in [4.69, 9.17) is 14.2 Å². The average molecular weight is 342 g/mol. The Morgan fingerprint density at radius 3 is 2.56 bits per heavy atom. The number of methoxy groups -OCH3 is 1. The fourth-order valence-electron chi connectivity index (χ4n) is 1.88. The van der Waals surface area contributed by atoms with Crippen LogP contribution in [0.15, 0.2) is 53.6 Å². The summed E-state index contributed by atoms with van der Waals surface area (Å²) in [5.74, 6) is 0.478. The molecule has 0 aliphatic heterocycles. The Kier molecular flexibility index (Phi) is 6.53. The Hall–Kier alpha value is -3.35. The first-order valence-corrected chi connectivity index (χ1v) is 7.44. The molecule has 0 heterocycles. The lowest BCUT2D eigenvalue weighted by atomic mass is 10.2. The molecular formula is C18H18N2O5. The van der Waals surface area contributed by atoms with E-state index >= 15 is 0 Å². The van der Waals surface area contributed by atoms with Crippen LogP contribution < -0.4 is 19.6 Å². The second-order valence-corrected chi connectivity index (χ2v) is 4.90. The van der Waals surface area contributed by atoms with Crippen LogP contribution in [0.25, 0.3) is 0 Å². The number of ether oxygens (including phenoxy) is 3. The van der Waals surface area contributed by atoms with Crippen LogP contribution in [0, 0.1) is 0 Å². The Morgan fingerprint density at radius 2 is 1.88 bits per heavy atom. The lowest BCUT2D eigenvalue weighted by molar-refractivity contribution is -0.132. The zero-order valence-electron chi connectivity index (χ0n) is 13.9. The lowest BCUT2D eigenvalue weighted by Crippen LogP contribution is -2.24. The molecule has 0 unspecified atom stereocenters. The molecular weight excluding hydrogens is 324 g/mol. The fourth-order valence-corrected chi connectivity index (χ4v) is 1.88. The van der Waals surface area contributed by atoms with Gasteiger partial charge < -0.3 is 14.2 Å². The van der Waals surface area contributed by atoms with Crippen LogP contribution in [0.2, 0.25) is 0 Å². The van der Waals surface area contributed by atoms with E-state index in [2.05, 4.69) is 10.5 Å². The number of hydrogen-bond acceptors (Lipinski definition) is 6. The average Bonchev–Trinajstić information content (AvgIpc) is 2.61. The minimum atomic E-state index is -0.439. The predicted molar refractivity (Wildman–Crippen MR) is 92.0 cm³/mol. The van der Waals surface area contributed by atoms with Crippen molar-refractivity contribution in [2.75, 3.05) is 13.7 Å². The van der Waals surface area contributed by atoms with Crippen LogP contribution in [0.4, 0.5) is 0 Å². The highest BCUT2D eigenvalue weighted by molar-refractivity contribution is 5.84. The van der Waals surface area contributed by atoms with E-state index < -0.39 is 5.97 Å². The second kappa shape index (κ2) is 9.07. The maximum absolute atomic E-state index is 11.7. The Labute approximate surface area is 145 Å². The minimum absolute atomic E-state index is 0.143. The quantitative estimate of drug-likeness (QED) is 0.361. The van der Waals surface area contributed by atoms with Gasteiger partial charge in [0.1, 0.15) is 5.75 Å². The van der Waals surface area contributed by atoms with Gasteiger partial charge in [-0.1, -0.05) is 18.2 Å². The van der Waals surface area contributed by atoms with Gasteiger partial charge in [0.15, 0.2) is 18.1 Å². The molecule has 0 radical (unpaired) electrons. The molecule has 130 valence electrons. The minimum Gasteiger partial charge on any atom is -0.493 e. The molecule has 1 N–H and O–H groups in total. The summed E-state index contributed by atoms with van der Waals surface area (Å²) in [6.07, 6.45) is 1.44. The number of nitrogens with zero attached hydrogens (tertiary/aromatic N) is 1. The first-order valence-electron chi connectivity index (χ1n) is 7.44. The number of nitrogens with one attached hydrogen (secondary N) is 1. The highest BCUT2D eigenvalue weighted by Crippen LogP contribution is 2.27. The van der Waals surface area contributed by atoms with Gasteiger partial charge in [0.05, 0.1) is 13.3 Å². The van der Waals surface area contributed by atoms with E-state index in [1.165, 1.54) is 20.2 Å². The molecule has 0 saturated heterocycles. The van der Waals surface area contributed by atoms with Crippen molar-refractivity contribution in [2.45, 2.75) is 6.92 Å². The molecule has 0 saturated carbocycles. The van der Waals surface area contributed by atoms with Gasteiger partial charge in [0.2, 0.25) is 0 Å². The van der Waals surface area contributed by atoms with Crippen molar-refractivity contribution in [1.29, 1.82) is 0 Å². The summed E-state index contributed by atoms with van der Waals surface area (Å²) in [5, 5.41) is 3.85. The van der Waals surface area contributed by atoms with Crippen molar-refractivity contribution in [2.24, 2.45) is 5.10 Å². The summed E-state index contributed by atoms with van der Waals surface area (Å²) in [4.78, 5) is 22.7. The molecule has 0 bridgehead atoms. The van der Waals surface area contributed by atoms with E-state index in [1.54, 1.807) is 30.3 Å². The zero-order chi connectivity index (χ0) is 18.1. The number of para-hydroxylation sites is 1. The highest BCUT2D eigenvalue weighted by atomic mass is 16.6. The molecule has 2 aromatic carbocycles. The summed E-state index contributed by atoms with van der Waals surface area (Å²) in [6.45, 7) is 1.16. The number of benzene rings is 2. The number of hydrogen-bond donors (Lipinski definition) is 1. The summed E-state index contributed by atoms with van der Waals surface area (Å²) < 4.78 is 15.5. The SMILES string of the molecule is COc1cc(C=NNC(=O)COc2ccccc2)ccc1OC(C)=O. The molecule has 0 aliphatic carbocycles. The van der Waals surface area contributed by atoms with Gasteiger partial charge in [-0.25, -0.2) is 5.43 Å². The van der Waals surface area contributed by atoms with Gasteiger partial charge in [-0.3, -0.25) is 9.59 Å². The van der Waals surface area contributed by atoms with E-state index in [-0.39, 0.29) is 12.5 Å². The summed E-state index contributed by atoms with van der Waals surface area (Å²) in [7, 11) is 1.46. The number of rotatable bonds is 7. The van der Waals surface area contributed by atoms with Crippen LogP contribution in [0.5, 0.6) is 17.2 Å². The molecule has 0 atom stereocenters. The van der Waals surface area contributed by atoms with Crippen LogP contribution in [0.3, 0.4) is 0 Å². The van der Waals surface area contributed by atoms with Crippen LogP contribution in [0.1, 0.15) is 12.5 Å². The molecule has 0 fully saturated rings. The normalized spacial score (nSPS) is 10.3. The first-order chi connectivity index (χ1) is 12.1. The Bertz CT molecular complexity index is 759. The Balaban J connectivity index is 1.88. The van der Waals surface area contributed by atoms with Gasteiger partial charge in [-0.2, -0.15) is 5.10 Å². The van der Waals surface area contributed by atoms with Gasteiger partial charge in [-0.05, 0) is 35.9 Å². The standard InChI is InChI=1S/C18H18N2O5/c1-13(21)25-16-9-8-14(10-17(16)23-2)11-19-20-18(22)12-24-15-6-4-3-5-7-15/h3-11H,12H2,1-2H3,(H,20,22). The van der Waals surface area contributed by atoms with Crippen molar-refractivity contribution in [3.8, 4) is 17.2 Å². The van der Waals surface area contributed by atoms with E-state index in [0.717, 1.165) is 0 Å². The van der Waals surface area contributed by atoms with Gasteiger partial charge >= 0.3 is 5.97 Å². The van der Waals surface area contributed by atoms with E-state index in [1.807, 2.05) is 18.2 Å². The third-order valence-electron chi connectivity index (χ3n) is 2.96. The zero-order valence-corrected chi connectivity index (χ0v) is 13.9. The van der Waals surface area contributed by atoms with Gasteiger partial charge in [-0.15, -0.1) is 0 Å². The second-order valence-electron chi connectivity index (χ2n) is 4.90. The summed E-state index contributed by atoms with van der Waals surface area (Å²) in [5.41, 5.74) is 3.03. The third-order valence-corrected chi connectivity index (χ3v) is 2.96. The van der Waals surface area contributed by atoms with E-state index in [0.29, 0.717) is 22.8 Å². The van der Waals surface area contributed by atoms with Gasteiger partial charge in [0.25, 0.3) is 5.91 Å². The maximum Gasteiger partial charge on any atom is 0.308 e. The van der Waals surface area contributed by atoms with Crippen LogP contribution in [-0.4, -0.2) is 31.8 Å². The van der Waals surface area contributed by atoms with Crippen molar-refractivity contribution in [1.82, 2.24) is 5.43 Å². The monoisotopic (exact) mass is 342 g/mol. The third kappa shape index (κ3) is 5.98. The highest BCUT2D eigenvalue weighted by Gasteiger charge is 2.07. The number of esters is 1. The topological polar surface area (TPSA) is 86.2 Å². The van der Waals surface area contributed by atoms with Crippen LogP contribution >= 0.6 is 0 Å². The molecule has 0 aliphatic rings. The molecule has 0 aromatic heterocycles. The van der Waals surface area contributed by atoms with Crippen molar-refractivity contribution in [3.63, 3.8) is 0 Å². The molecule has 7 nitrogen and oxygen atoms in total. The number of carbonyl (C=O) groups excluding carboxylic acids is 2. The lowest BCUT2D eigenvalue weighted by Gasteiger charge is -2.08. The van der Waals surface area contributed by atoms with Crippen LogP contribution in [-0.2, 0) is 9.59 Å². The smallest absolute Gasteiger partial charge is 0.308 e. The predicted octanol–water partition coefficient (Wildman–Crippen LogP) is 2.15.